The Hall–Kier alpha value is -2.31. The number of nitrogens with zero attached hydrogens (tertiary/aromatic N) is 1. The van der Waals surface area contributed by atoms with Gasteiger partial charge in [0.1, 0.15) is 0 Å². The van der Waals surface area contributed by atoms with Crippen molar-refractivity contribution in [2.75, 3.05) is 5.32 Å². The Morgan fingerprint density at radius 2 is 1.86 bits per heavy atom. The largest absolute Gasteiger partial charge is 0.322 e. The molecule has 0 saturated carbocycles. The normalized spacial score (nSPS) is 10.8. The summed E-state index contributed by atoms with van der Waals surface area (Å²) in [7, 11) is 0. The Morgan fingerprint density at radius 3 is 2.48 bits per heavy atom. The number of halogens is 1. The fraction of sp³-hybridized carbons (Fsp3) is 0.176. The number of hydrogen-bond acceptors (Lipinski definition) is 2. The molecule has 0 fully saturated rings. The maximum absolute atomic E-state index is 12.2. The van der Waals surface area contributed by atoms with Crippen molar-refractivity contribution in [1.82, 2.24) is 0 Å². The lowest BCUT2D eigenvalue weighted by atomic mass is 9.85. The smallest absolute Gasteiger partial charge is 0.255 e. The second-order valence-electron chi connectivity index (χ2n) is 5.28. The van der Waals surface area contributed by atoms with Gasteiger partial charge in [-0.15, -0.1) is 0 Å². The van der Waals surface area contributed by atoms with Crippen molar-refractivity contribution < 1.29 is 4.79 Å². The van der Waals surface area contributed by atoms with E-state index in [-0.39, 0.29) is 5.91 Å². The van der Waals surface area contributed by atoms with E-state index in [4.69, 9.17) is 11.6 Å². The van der Waals surface area contributed by atoms with Crippen LogP contribution in [0, 0.1) is 11.3 Å². The van der Waals surface area contributed by atoms with Crippen molar-refractivity contribution in [3.8, 4) is 6.07 Å². The summed E-state index contributed by atoms with van der Waals surface area (Å²) in [5, 5.41) is 12.6. The Kier molecular flexibility index (Phi) is 4.30. The first-order valence-electron chi connectivity index (χ1n) is 6.51. The minimum absolute atomic E-state index is 0.215. The van der Waals surface area contributed by atoms with Gasteiger partial charge in [-0.3, -0.25) is 4.79 Å². The molecule has 0 unspecified atom stereocenters. The van der Waals surface area contributed by atoms with Crippen molar-refractivity contribution in [2.24, 2.45) is 0 Å². The average molecular weight is 299 g/mol. The zero-order chi connectivity index (χ0) is 15.5. The molecule has 0 aromatic heterocycles. The van der Waals surface area contributed by atoms with E-state index in [1.807, 2.05) is 19.9 Å². The van der Waals surface area contributed by atoms with Gasteiger partial charge in [-0.2, -0.15) is 5.26 Å². The second-order valence-corrected chi connectivity index (χ2v) is 5.72. The van der Waals surface area contributed by atoms with Gasteiger partial charge >= 0.3 is 0 Å². The number of carbonyl (C=O) groups is 1. The number of nitriles is 1. The molecule has 0 aliphatic rings. The number of carbonyl (C=O) groups excluding carboxylic acids is 1. The number of rotatable bonds is 3. The molecule has 106 valence electrons. The first-order valence-corrected chi connectivity index (χ1v) is 6.89. The first-order chi connectivity index (χ1) is 9.92. The number of amides is 1. The maximum Gasteiger partial charge on any atom is 0.255 e. The molecule has 0 aliphatic heterocycles. The molecular weight excluding hydrogens is 284 g/mol. The van der Waals surface area contributed by atoms with E-state index >= 15 is 0 Å². The Labute approximate surface area is 129 Å². The third-order valence-electron chi connectivity index (χ3n) is 3.23. The van der Waals surface area contributed by atoms with Gasteiger partial charge in [0.25, 0.3) is 5.91 Å². The van der Waals surface area contributed by atoms with Gasteiger partial charge < -0.3 is 5.32 Å². The molecule has 2 rings (SSSR count). The van der Waals surface area contributed by atoms with Gasteiger partial charge in [-0.1, -0.05) is 23.7 Å². The predicted molar refractivity (Wildman–Crippen MR) is 84.5 cm³/mol. The molecular formula is C17H15ClN2O. The Balaban J connectivity index is 2.22. The van der Waals surface area contributed by atoms with Crippen LogP contribution < -0.4 is 5.32 Å². The molecule has 2 aromatic carbocycles. The van der Waals surface area contributed by atoms with Gasteiger partial charge in [-0.25, -0.2) is 0 Å². The van der Waals surface area contributed by atoms with Gasteiger partial charge in [-0.05, 0) is 55.8 Å². The Bertz CT molecular complexity index is 699. The molecule has 0 spiro atoms. The molecule has 4 heteroatoms. The summed E-state index contributed by atoms with van der Waals surface area (Å²) in [4.78, 5) is 12.2. The summed E-state index contributed by atoms with van der Waals surface area (Å²) in [6, 6.07) is 16.2. The van der Waals surface area contributed by atoms with Crippen LogP contribution in [0.2, 0.25) is 5.02 Å². The van der Waals surface area contributed by atoms with Crippen LogP contribution >= 0.6 is 11.6 Å². The van der Waals surface area contributed by atoms with Crippen LogP contribution in [0.5, 0.6) is 0 Å². The molecule has 0 atom stereocenters. The van der Waals surface area contributed by atoms with Crippen molar-refractivity contribution >= 4 is 23.2 Å². The number of anilines is 1. The molecule has 0 saturated heterocycles. The second kappa shape index (κ2) is 5.99. The fourth-order valence-electron chi connectivity index (χ4n) is 1.85. The summed E-state index contributed by atoms with van der Waals surface area (Å²) >= 11 is 5.81. The molecule has 1 N–H and O–H groups in total. The van der Waals surface area contributed by atoms with Crippen LogP contribution in [0.25, 0.3) is 0 Å². The highest BCUT2D eigenvalue weighted by Crippen LogP contribution is 2.23. The van der Waals surface area contributed by atoms with E-state index in [0.29, 0.717) is 16.3 Å². The van der Waals surface area contributed by atoms with Gasteiger partial charge in [0.15, 0.2) is 0 Å². The van der Waals surface area contributed by atoms with Crippen molar-refractivity contribution in [3.63, 3.8) is 0 Å². The zero-order valence-corrected chi connectivity index (χ0v) is 12.6. The number of benzene rings is 2. The van der Waals surface area contributed by atoms with Crippen LogP contribution in [0.1, 0.15) is 29.8 Å². The summed E-state index contributed by atoms with van der Waals surface area (Å²) < 4.78 is 0. The molecule has 21 heavy (non-hydrogen) atoms. The highest BCUT2D eigenvalue weighted by molar-refractivity contribution is 6.30. The number of hydrogen-bond donors (Lipinski definition) is 1. The highest BCUT2D eigenvalue weighted by Gasteiger charge is 2.20. The van der Waals surface area contributed by atoms with Crippen LogP contribution in [0.4, 0.5) is 5.69 Å². The predicted octanol–water partition coefficient (Wildman–Crippen LogP) is 4.39. The van der Waals surface area contributed by atoms with E-state index in [0.717, 1.165) is 5.56 Å². The zero-order valence-electron chi connectivity index (χ0n) is 11.9. The van der Waals surface area contributed by atoms with E-state index in [1.165, 1.54) is 0 Å². The highest BCUT2D eigenvalue weighted by atomic mass is 35.5. The maximum atomic E-state index is 12.2. The van der Waals surface area contributed by atoms with Crippen LogP contribution in [0.15, 0.2) is 48.5 Å². The number of nitrogens with one attached hydrogen (secondary N) is 1. The minimum atomic E-state index is -0.628. The topological polar surface area (TPSA) is 52.9 Å². The molecule has 2 aromatic rings. The lowest BCUT2D eigenvalue weighted by Gasteiger charge is -2.16. The molecule has 0 bridgehead atoms. The SMILES string of the molecule is CC(C)(C#N)c1cccc(C(=O)Nc2ccc(Cl)cc2)c1. The quantitative estimate of drug-likeness (QED) is 0.913. The molecule has 0 aliphatic carbocycles. The van der Waals surface area contributed by atoms with Crippen molar-refractivity contribution in [1.29, 1.82) is 5.26 Å². The van der Waals surface area contributed by atoms with E-state index < -0.39 is 5.41 Å². The fourth-order valence-corrected chi connectivity index (χ4v) is 1.98. The standard InChI is InChI=1S/C17H15ClN2O/c1-17(2,11-19)13-5-3-4-12(10-13)16(21)20-15-8-6-14(18)7-9-15/h3-10H,1-2H3,(H,20,21). The minimum Gasteiger partial charge on any atom is -0.322 e. The average Bonchev–Trinajstić information content (AvgIpc) is 2.49. The summed E-state index contributed by atoms with van der Waals surface area (Å²) in [5.74, 6) is -0.215. The third kappa shape index (κ3) is 3.62. The van der Waals surface area contributed by atoms with Crippen molar-refractivity contribution in [2.45, 2.75) is 19.3 Å². The first kappa shape index (κ1) is 15.1. The summed E-state index contributed by atoms with van der Waals surface area (Å²) in [5.41, 5.74) is 1.38. The summed E-state index contributed by atoms with van der Waals surface area (Å²) in [6.07, 6.45) is 0. The lowest BCUT2D eigenvalue weighted by Crippen LogP contribution is -2.17. The Morgan fingerprint density at radius 1 is 1.19 bits per heavy atom. The lowest BCUT2D eigenvalue weighted by molar-refractivity contribution is 0.102. The van der Waals surface area contributed by atoms with E-state index in [1.54, 1.807) is 42.5 Å². The van der Waals surface area contributed by atoms with Crippen LogP contribution in [0.3, 0.4) is 0 Å². The van der Waals surface area contributed by atoms with Crippen LogP contribution in [-0.4, -0.2) is 5.91 Å². The van der Waals surface area contributed by atoms with Crippen molar-refractivity contribution in [3.05, 3.63) is 64.7 Å². The van der Waals surface area contributed by atoms with Gasteiger partial charge in [0, 0.05) is 16.3 Å². The molecule has 0 radical (unpaired) electrons. The van der Waals surface area contributed by atoms with E-state index in [2.05, 4.69) is 11.4 Å². The van der Waals surface area contributed by atoms with E-state index in [9.17, 15) is 10.1 Å². The van der Waals surface area contributed by atoms with Crippen LogP contribution in [-0.2, 0) is 5.41 Å². The van der Waals surface area contributed by atoms with Gasteiger partial charge in [0.2, 0.25) is 0 Å². The monoisotopic (exact) mass is 298 g/mol. The molecule has 3 nitrogen and oxygen atoms in total. The van der Waals surface area contributed by atoms with Gasteiger partial charge in [0.05, 0.1) is 11.5 Å². The molecule has 1 amide bonds. The summed E-state index contributed by atoms with van der Waals surface area (Å²) in [6.45, 7) is 3.65. The molecule has 0 heterocycles. The third-order valence-corrected chi connectivity index (χ3v) is 3.48.